The van der Waals surface area contributed by atoms with Crippen LogP contribution in [0.2, 0.25) is 5.02 Å². The lowest BCUT2D eigenvalue weighted by Crippen LogP contribution is -2.32. The summed E-state index contributed by atoms with van der Waals surface area (Å²) in [5.41, 5.74) is 3.08. The van der Waals surface area contributed by atoms with Crippen molar-refractivity contribution in [2.75, 3.05) is 10.2 Å². The Morgan fingerprint density at radius 2 is 1.89 bits per heavy atom. The van der Waals surface area contributed by atoms with Crippen LogP contribution in [-0.4, -0.2) is 21.9 Å². The lowest BCUT2D eigenvalue weighted by atomic mass is 10.2. The zero-order valence-corrected chi connectivity index (χ0v) is 16.9. The van der Waals surface area contributed by atoms with Crippen LogP contribution in [0.3, 0.4) is 0 Å². The predicted molar refractivity (Wildman–Crippen MR) is 114 cm³/mol. The van der Waals surface area contributed by atoms with Gasteiger partial charge in [-0.1, -0.05) is 41.9 Å². The molecule has 0 radical (unpaired) electrons. The first-order valence-corrected chi connectivity index (χ1v) is 9.53. The van der Waals surface area contributed by atoms with E-state index in [4.69, 9.17) is 11.6 Å². The molecule has 0 saturated carbocycles. The van der Waals surface area contributed by atoms with Gasteiger partial charge in [0.25, 0.3) is 5.91 Å². The third kappa shape index (κ3) is 4.87. The maximum absolute atomic E-state index is 12.7. The highest BCUT2D eigenvalue weighted by molar-refractivity contribution is 6.30. The Bertz CT molecular complexity index is 960. The van der Waals surface area contributed by atoms with Crippen molar-refractivity contribution >= 4 is 29.1 Å². The number of carbonyl (C=O) groups excluding carboxylic acids is 1. The number of halogens is 1. The van der Waals surface area contributed by atoms with Gasteiger partial charge in [0.15, 0.2) is 0 Å². The lowest BCUT2D eigenvalue weighted by molar-refractivity contribution is 0.102. The molecule has 0 aliphatic heterocycles. The summed E-state index contributed by atoms with van der Waals surface area (Å²) in [7, 11) is 0. The van der Waals surface area contributed by atoms with Gasteiger partial charge >= 0.3 is 0 Å². The third-order valence-electron chi connectivity index (χ3n) is 4.39. The molecular formula is C22H23ClN4O. The molecule has 28 heavy (non-hydrogen) atoms. The molecule has 0 aliphatic carbocycles. The molecule has 1 heterocycles. The third-order valence-corrected chi connectivity index (χ3v) is 4.62. The maximum Gasteiger partial charge on any atom is 0.274 e. The van der Waals surface area contributed by atoms with Crippen LogP contribution in [0, 0.1) is 6.92 Å². The highest BCUT2D eigenvalue weighted by atomic mass is 35.5. The van der Waals surface area contributed by atoms with E-state index in [0.717, 1.165) is 11.1 Å². The van der Waals surface area contributed by atoms with Crippen LogP contribution in [0.15, 0.2) is 60.8 Å². The Balaban J connectivity index is 1.82. The minimum absolute atomic E-state index is 0.178. The van der Waals surface area contributed by atoms with Crippen molar-refractivity contribution in [3.63, 3.8) is 0 Å². The molecule has 5 nitrogen and oxygen atoms in total. The number of nitrogens with zero attached hydrogens (tertiary/aromatic N) is 3. The molecule has 3 rings (SSSR count). The first-order valence-electron chi connectivity index (χ1n) is 9.15. The molecule has 0 spiro atoms. The molecule has 0 saturated heterocycles. The normalized spacial score (nSPS) is 10.8. The number of aromatic nitrogens is 2. The van der Waals surface area contributed by atoms with Crippen LogP contribution in [0.1, 0.15) is 35.5 Å². The Morgan fingerprint density at radius 1 is 1.14 bits per heavy atom. The van der Waals surface area contributed by atoms with Crippen LogP contribution in [-0.2, 0) is 6.54 Å². The number of benzene rings is 2. The zero-order chi connectivity index (χ0) is 20.1. The standard InChI is InChI=1S/C22H23ClN4O/c1-15(2)27(14-17-7-5-4-6-8-17)22-24-12-11-20(26-22)21(28)25-19-10-9-18(23)13-16(19)3/h4-13,15H,14H2,1-3H3,(H,25,28). The summed E-state index contributed by atoms with van der Waals surface area (Å²) < 4.78 is 0. The van der Waals surface area contributed by atoms with Gasteiger partial charge in [-0.25, -0.2) is 9.97 Å². The van der Waals surface area contributed by atoms with Crippen molar-refractivity contribution in [3.05, 3.63) is 82.6 Å². The number of hydrogen-bond acceptors (Lipinski definition) is 4. The molecule has 6 heteroatoms. The topological polar surface area (TPSA) is 58.1 Å². The van der Waals surface area contributed by atoms with E-state index >= 15 is 0 Å². The van der Waals surface area contributed by atoms with Crippen LogP contribution >= 0.6 is 11.6 Å². The monoisotopic (exact) mass is 394 g/mol. The van der Waals surface area contributed by atoms with Gasteiger partial charge in [-0.05, 0) is 56.2 Å². The molecule has 1 aromatic heterocycles. The zero-order valence-electron chi connectivity index (χ0n) is 16.2. The number of rotatable bonds is 6. The minimum Gasteiger partial charge on any atom is -0.334 e. The fourth-order valence-electron chi connectivity index (χ4n) is 2.83. The van der Waals surface area contributed by atoms with Gasteiger partial charge in [0.2, 0.25) is 5.95 Å². The molecule has 144 valence electrons. The second kappa shape index (κ2) is 8.85. The van der Waals surface area contributed by atoms with Gasteiger partial charge in [-0.2, -0.15) is 0 Å². The van der Waals surface area contributed by atoms with Gasteiger partial charge < -0.3 is 10.2 Å². The van der Waals surface area contributed by atoms with Crippen LogP contribution in [0.25, 0.3) is 0 Å². The van der Waals surface area contributed by atoms with Crippen LogP contribution < -0.4 is 10.2 Å². The van der Waals surface area contributed by atoms with Crippen molar-refractivity contribution in [3.8, 4) is 0 Å². The number of carbonyl (C=O) groups is 1. The summed E-state index contributed by atoms with van der Waals surface area (Å²) in [6.45, 7) is 6.72. The summed E-state index contributed by atoms with van der Waals surface area (Å²) in [4.78, 5) is 23.7. The summed E-state index contributed by atoms with van der Waals surface area (Å²) in [5.74, 6) is 0.247. The van der Waals surface area contributed by atoms with Crippen molar-refractivity contribution < 1.29 is 4.79 Å². The summed E-state index contributed by atoms with van der Waals surface area (Å²) in [6.07, 6.45) is 1.62. The summed E-state index contributed by atoms with van der Waals surface area (Å²) >= 11 is 5.98. The first-order chi connectivity index (χ1) is 13.4. The smallest absolute Gasteiger partial charge is 0.274 e. The van der Waals surface area contributed by atoms with E-state index in [1.807, 2.05) is 31.2 Å². The van der Waals surface area contributed by atoms with E-state index in [1.165, 1.54) is 0 Å². The molecule has 0 unspecified atom stereocenters. The van der Waals surface area contributed by atoms with Crippen molar-refractivity contribution in [1.29, 1.82) is 0 Å². The molecular weight excluding hydrogens is 372 g/mol. The average Bonchev–Trinajstić information content (AvgIpc) is 2.69. The Kier molecular flexibility index (Phi) is 6.26. The van der Waals surface area contributed by atoms with E-state index in [-0.39, 0.29) is 11.9 Å². The van der Waals surface area contributed by atoms with Gasteiger partial charge in [-0.3, -0.25) is 4.79 Å². The quantitative estimate of drug-likeness (QED) is 0.631. The van der Waals surface area contributed by atoms with Crippen LogP contribution in [0.5, 0.6) is 0 Å². The number of nitrogens with one attached hydrogen (secondary N) is 1. The molecule has 0 atom stereocenters. The van der Waals surface area contributed by atoms with Gasteiger partial charge in [0, 0.05) is 29.5 Å². The second-order valence-corrected chi connectivity index (χ2v) is 7.30. The molecule has 1 N–H and O–H groups in total. The number of anilines is 2. The highest BCUT2D eigenvalue weighted by Gasteiger charge is 2.17. The van der Waals surface area contributed by atoms with Gasteiger partial charge in [0.1, 0.15) is 5.69 Å². The van der Waals surface area contributed by atoms with E-state index in [9.17, 15) is 4.79 Å². The van der Waals surface area contributed by atoms with E-state index < -0.39 is 0 Å². The van der Waals surface area contributed by atoms with Crippen molar-refractivity contribution in [2.24, 2.45) is 0 Å². The van der Waals surface area contributed by atoms with Crippen LogP contribution in [0.4, 0.5) is 11.6 Å². The van der Waals surface area contributed by atoms with Crippen molar-refractivity contribution in [1.82, 2.24) is 9.97 Å². The second-order valence-electron chi connectivity index (χ2n) is 6.86. The van der Waals surface area contributed by atoms with Crippen molar-refractivity contribution in [2.45, 2.75) is 33.4 Å². The average molecular weight is 395 g/mol. The largest absolute Gasteiger partial charge is 0.334 e. The number of hydrogen-bond donors (Lipinski definition) is 1. The SMILES string of the molecule is Cc1cc(Cl)ccc1NC(=O)c1ccnc(N(Cc2ccccc2)C(C)C)n1. The predicted octanol–water partition coefficient (Wildman–Crippen LogP) is 5.11. The van der Waals surface area contributed by atoms with Gasteiger partial charge in [0.05, 0.1) is 0 Å². The van der Waals surface area contributed by atoms with E-state index in [2.05, 4.69) is 46.2 Å². The molecule has 0 fully saturated rings. The molecule has 0 aliphatic rings. The number of aryl methyl sites for hydroxylation is 1. The molecule has 0 bridgehead atoms. The fraction of sp³-hybridized carbons (Fsp3) is 0.227. The Labute approximate surface area is 170 Å². The first kappa shape index (κ1) is 19.8. The molecule has 2 aromatic carbocycles. The van der Waals surface area contributed by atoms with E-state index in [0.29, 0.717) is 28.9 Å². The maximum atomic E-state index is 12.7. The Morgan fingerprint density at radius 3 is 2.57 bits per heavy atom. The summed E-state index contributed by atoms with van der Waals surface area (Å²) in [5, 5.41) is 3.53. The number of amides is 1. The minimum atomic E-state index is -0.280. The molecule has 1 amide bonds. The van der Waals surface area contributed by atoms with E-state index in [1.54, 1.807) is 24.4 Å². The lowest BCUT2D eigenvalue weighted by Gasteiger charge is -2.27. The summed E-state index contributed by atoms with van der Waals surface area (Å²) in [6, 6.07) is 17.3. The fourth-order valence-corrected chi connectivity index (χ4v) is 3.06. The Hall–Kier alpha value is -2.92. The highest BCUT2D eigenvalue weighted by Crippen LogP contribution is 2.21. The molecule has 3 aromatic rings. The van der Waals surface area contributed by atoms with Gasteiger partial charge in [-0.15, -0.1) is 0 Å².